The average Bonchev–Trinajstić information content (AvgIpc) is 1.94. The molecular weight excluding hydrogens is 186 g/mol. The van der Waals surface area contributed by atoms with E-state index >= 15 is 0 Å². The van der Waals surface area contributed by atoms with E-state index in [0.29, 0.717) is 25.2 Å². The lowest BCUT2D eigenvalue weighted by molar-refractivity contribution is 0.0192. The number of alkyl halides is 1. The van der Waals surface area contributed by atoms with E-state index in [1.165, 1.54) is 0 Å². The Morgan fingerprint density at radius 1 is 1.23 bits per heavy atom. The van der Waals surface area contributed by atoms with Gasteiger partial charge in [-0.1, -0.05) is 20.8 Å². The first kappa shape index (κ1) is 11.2. The maximum Gasteiger partial charge on any atom is 0.116 e. The minimum absolute atomic E-state index is 0.312. The summed E-state index contributed by atoms with van der Waals surface area (Å²) in [6.45, 7) is 7.59. The van der Waals surface area contributed by atoms with Gasteiger partial charge in [0, 0.05) is 12.3 Å². The van der Waals surface area contributed by atoms with Gasteiger partial charge in [-0.3, -0.25) is 0 Å². The molecule has 0 saturated carbocycles. The van der Waals surface area contributed by atoms with Crippen molar-refractivity contribution in [2.75, 3.05) is 19.0 Å². The summed E-state index contributed by atoms with van der Waals surface area (Å²) in [6, 6.07) is 0. The molecule has 0 radical (unpaired) electrons. The first-order valence-corrected chi connectivity index (χ1v) is 7.43. The molecule has 0 aromatic rings. The van der Waals surface area contributed by atoms with E-state index in [9.17, 15) is 8.96 Å². The summed E-state index contributed by atoms with van der Waals surface area (Å²) in [5.41, 5.74) is -1.41. The molecule has 1 heterocycles. The van der Waals surface area contributed by atoms with Crippen molar-refractivity contribution >= 4 is 7.14 Å². The standard InChI is InChI=1S/C10H20FOP/c1-9(2,3)10(11)5-7-13(4,12)8-6-10/h5-8H2,1-4H3. The Kier molecular flexibility index (Phi) is 2.67. The Hall–Kier alpha value is 0.160. The van der Waals surface area contributed by atoms with Crippen LogP contribution in [-0.2, 0) is 4.57 Å². The van der Waals surface area contributed by atoms with Crippen LogP contribution < -0.4 is 0 Å². The van der Waals surface area contributed by atoms with Crippen molar-refractivity contribution < 1.29 is 8.96 Å². The van der Waals surface area contributed by atoms with Crippen LogP contribution in [0.2, 0.25) is 0 Å². The molecule has 1 rings (SSSR count). The van der Waals surface area contributed by atoms with Crippen LogP contribution in [0.25, 0.3) is 0 Å². The molecule has 0 aliphatic carbocycles. The molecule has 1 nitrogen and oxygen atoms in total. The number of rotatable bonds is 0. The lowest BCUT2D eigenvalue weighted by Crippen LogP contribution is -2.42. The van der Waals surface area contributed by atoms with Gasteiger partial charge < -0.3 is 4.57 Å². The van der Waals surface area contributed by atoms with Gasteiger partial charge in [-0.15, -0.1) is 0 Å². The number of hydrogen-bond donors (Lipinski definition) is 0. The third-order valence-corrected chi connectivity index (χ3v) is 5.65. The van der Waals surface area contributed by atoms with Gasteiger partial charge in [-0.25, -0.2) is 4.39 Å². The molecule has 0 unspecified atom stereocenters. The molecule has 1 aliphatic rings. The predicted molar refractivity (Wildman–Crippen MR) is 55.8 cm³/mol. The van der Waals surface area contributed by atoms with Crippen molar-refractivity contribution in [1.82, 2.24) is 0 Å². The molecule has 0 amide bonds. The zero-order valence-electron chi connectivity index (χ0n) is 9.06. The van der Waals surface area contributed by atoms with Gasteiger partial charge in [0.05, 0.1) is 7.14 Å². The molecule has 0 bridgehead atoms. The van der Waals surface area contributed by atoms with Crippen molar-refractivity contribution in [1.29, 1.82) is 0 Å². The predicted octanol–water partition coefficient (Wildman–Crippen LogP) is 3.53. The summed E-state index contributed by atoms with van der Waals surface area (Å²) in [5, 5.41) is 0. The molecule has 0 N–H and O–H groups in total. The lowest BCUT2D eigenvalue weighted by Gasteiger charge is -2.42. The summed E-state index contributed by atoms with van der Waals surface area (Å²) in [5.74, 6) is 0. The summed E-state index contributed by atoms with van der Waals surface area (Å²) in [6.07, 6.45) is 2.12. The molecule has 1 saturated heterocycles. The van der Waals surface area contributed by atoms with E-state index in [2.05, 4.69) is 0 Å². The van der Waals surface area contributed by atoms with Gasteiger partial charge in [0.15, 0.2) is 0 Å². The van der Waals surface area contributed by atoms with E-state index in [1.54, 1.807) is 6.66 Å². The first-order chi connectivity index (χ1) is 5.66. The fraction of sp³-hybridized carbons (Fsp3) is 1.00. The zero-order valence-corrected chi connectivity index (χ0v) is 9.96. The summed E-state index contributed by atoms with van der Waals surface area (Å²) in [4.78, 5) is 0. The van der Waals surface area contributed by atoms with E-state index in [-0.39, 0.29) is 5.41 Å². The first-order valence-electron chi connectivity index (χ1n) is 4.91. The normalized spacial score (nSPS) is 41.9. The van der Waals surface area contributed by atoms with Gasteiger partial charge in [-0.2, -0.15) is 0 Å². The quantitative estimate of drug-likeness (QED) is 0.554. The number of halogens is 1. The lowest BCUT2D eigenvalue weighted by atomic mass is 9.74. The molecule has 1 fully saturated rings. The van der Waals surface area contributed by atoms with Gasteiger partial charge in [0.1, 0.15) is 5.67 Å². The molecule has 3 heteroatoms. The van der Waals surface area contributed by atoms with Crippen LogP contribution in [-0.4, -0.2) is 24.7 Å². The van der Waals surface area contributed by atoms with Crippen LogP contribution in [0.3, 0.4) is 0 Å². The van der Waals surface area contributed by atoms with Crippen LogP contribution in [0.15, 0.2) is 0 Å². The highest BCUT2D eigenvalue weighted by Crippen LogP contribution is 2.54. The molecule has 0 atom stereocenters. The fourth-order valence-electron chi connectivity index (χ4n) is 1.81. The maximum atomic E-state index is 14.3. The van der Waals surface area contributed by atoms with Crippen molar-refractivity contribution in [3.63, 3.8) is 0 Å². The molecular formula is C10H20FOP. The maximum absolute atomic E-state index is 14.3. The van der Waals surface area contributed by atoms with Crippen LogP contribution in [0.1, 0.15) is 33.6 Å². The largest absolute Gasteiger partial charge is 0.324 e. The SMILES string of the molecule is CC(C)(C)C1(F)CCP(C)(=O)CC1. The van der Waals surface area contributed by atoms with Gasteiger partial charge in [-0.05, 0) is 24.9 Å². The van der Waals surface area contributed by atoms with Gasteiger partial charge in [0.2, 0.25) is 0 Å². The molecule has 1 aliphatic heterocycles. The summed E-state index contributed by atoms with van der Waals surface area (Å²) < 4.78 is 26.0. The monoisotopic (exact) mass is 206 g/mol. The minimum atomic E-state index is -1.98. The molecule has 78 valence electrons. The highest BCUT2D eigenvalue weighted by atomic mass is 31.2. The molecule has 13 heavy (non-hydrogen) atoms. The van der Waals surface area contributed by atoms with Gasteiger partial charge >= 0.3 is 0 Å². The third-order valence-electron chi connectivity index (χ3n) is 3.31. The Bertz CT molecular complexity index is 230. The molecule has 0 spiro atoms. The van der Waals surface area contributed by atoms with E-state index in [4.69, 9.17) is 0 Å². The fourth-order valence-corrected chi connectivity index (χ4v) is 3.69. The second-order valence-corrected chi connectivity index (χ2v) is 8.95. The van der Waals surface area contributed by atoms with Crippen molar-refractivity contribution in [3.05, 3.63) is 0 Å². The number of hydrogen-bond acceptors (Lipinski definition) is 1. The van der Waals surface area contributed by atoms with Crippen LogP contribution >= 0.6 is 7.14 Å². The minimum Gasteiger partial charge on any atom is -0.324 e. The van der Waals surface area contributed by atoms with Crippen LogP contribution in [0, 0.1) is 5.41 Å². The third kappa shape index (κ3) is 2.34. The molecule has 0 aromatic heterocycles. The molecule has 0 aromatic carbocycles. The highest BCUT2D eigenvalue weighted by Gasteiger charge is 2.46. The Balaban J connectivity index is 2.73. The highest BCUT2D eigenvalue weighted by molar-refractivity contribution is 7.63. The Morgan fingerprint density at radius 2 is 1.62 bits per heavy atom. The Morgan fingerprint density at radius 3 is 1.92 bits per heavy atom. The smallest absolute Gasteiger partial charge is 0.116 e. The van der Waals surface area contributed by atoms with Crippen molar-refractivity contribution in [2.45, 2.75) is 39.3 Å². The summed E-state index contributed by atoms with van der Waals surface area (Å²) >= 11 is 0. The van der Waals surface area contributed by atoms with E-state index < -0.39 is 12.8 Å². The van der Waals surface area contributed by atoms with Gasteiger partial charge in [0.25, 0.3) is 0 Å². The average molecular weight is 206 g/mol. The van der Waals surface area contributed by atoms with Crippen LogP contribution in [0.5, 0.6) is 0 Å². The van der Waals surface area contributed by atoms with Crippen LogP contribution in [0.4, 0.5) is 4.39 Å². The van der Waals surface area contributed by atoms with Crippen molar-refractivity contribution in [3.8, 4) is 0 Å². The second-order valence-electron chi connectivity index (χ2n) is 5.46. The topological polar surface area (TPSA) is 17.1 Å². The van der Waals surface area contributed by atoms with E-state index in [0.717, 1.165) is 0 Å². The van der Waals surface area contributed by atoms with Crippen molar-refractivity contribution in [2.24, 2.45) is 5.41 Å². The Labute approximate surface area is 80.5 Å². The second kappa shape index (κ2) is 3.08. The zero-order chi connectivity index (χ0) is 10.3. The van der Waals surface area contributed by atoms with E-state index in [1.807, 2.05) is 20.8 Å². The summed E-state index contributed by atoms with van der Waals surface area (Å²) in [7, 11) is -1.98.